The van der Waals surface area contributed by atoms with Crippen molar-refractivity contribution in [2.45, 2.75) is 0 Å². The third-order valence-corrected chi connectivity index (χ3v) is 3.03. The molecule has 0 N–H and O–H groups in total. The van der Waals surface area contributed by atoms with Crippen LogP contribution >= 0.6 is 39.1 Å². The molecule has 0 radical (unpaired) electrons. The predicted octanol–water partition coefficient (Wildman–Crippen LogP) is 4.44. The van der Waals surface area contributed by atoms with Crippen molar-refractivity contribution in [1.82, 2.24) is 4.98 Å². The Balaban J connectivity index is 2.95. The van der Waals surface area contributed by atoms with Gasteiger partial charge in [0.05, 0.1) is 10.0 Å². The van der Waals surface area contributed by atoms with E-state index in [0.29, 0.717) is 19.9 Å². The summed E-state index contributed by atoms with van der Waals surface area (Å²) in [7, 11) is 0. The number of nitrogens with zero attached hydrogens (tertiary/aromatic N) is 1. The van der Waals surface area contributed by atoms with Crippen molar-refractivity contribution in [2.24, 2.45) is 0 Å². The van der Waals surface area contributed by atoms with E-state index >= 15 is 0 Å². The second-order valence-electron chi connectivity index (χ2n) is 2.70. The first kappa shape index (κ1) is 10.1. The van der Waals surface area contributed by atoms with Crippen LogP contribution in [-0.4, -0.2) is 4.98 Å². The molecule has 0 aliphatic carbocycles. The molecule has 0 bridgehead atoms. The first-order valence-electron chi connectivity index (χ1n) is 3.68. The largest absolute Gasteiger partial charge is 0.252 e. The van der Waals surface area contributed by atoms with Crippen molar-refractivity contribution in [3.05, 3.63) is 38.7 Å². The summed E-state index contributed by atoms with van der Waals surface area (Å²) in [6.45, 7) is 0. The van der Waals surface area contributed by atoms with E-state index in [-0.39, 0.29) is 5.52 Å². The molecule has 0 amide bonds. The van der Waals surface area contributed by atoms with E-state index in [1.807, 2.05) is 0 Å². The van der Waals surface area contributed by atoms with E-state index in [9.17, 15) is 4.39 Å². The molecule has 0 aliphatic rings. The molecule has 1 aromatic heterocycles. The number of fused-ring (bicyclic) bond motifs is 1. The Labute approximate surface area is 98.0 Å². The second kappa shape index (κ2) is 3.65. The van der Waals surface area contributed by atoms with Crippen LogP contribution < -0.4 is 0 Å². The molecule has 5 heteroatoms. The highest BCUT2D eigenvalue weighted by atomic mass is 79.9. The van der Waals surface area contributed by atoms with Crippen LogP contribution in [0.3, 0.4) is 0 Å². The van der Waals surface area contributed by atoms with Gasteiger partial charge in [-0.1, -0.05) is 39.1 Å². The average molecular weight is 295 g/mol. The Morgan fingerprint density at radius 3 is 2.71 bits per heavy atom. The molecule has 0 unspecified atom stereocenters. The molecule has 14 heavy (non-hydrogen) atoms. The Morgan fingerprint density at radius 1 is 1.29 bits per heavy atom. The molecule has 1 nitrogen and oxygen atoms in total. The third-order valence-electron chi connectivity index (χ3n) is 1.78. The van der Waals surface area contributed by atoms with E-state index in [2.05, 4.69) is 20.9 Å². The third kappa shape index (κ3) is 1.60. The summed E-state index contributed by atoms with van der Waals surface area (Å²) < 4.78 is 14.0. The maximum absolute atomic E-state index is 13.4. The average Bonchev–Trinajstić information content (AvgIpc) is 2.12. The van der Waals surface area contributed by atoms with Gasteiger partial charge in [-0.15, -0.1) is 0 Å². The van der Waals surface area contributed by atoms with Gasteiger partial charge in [-0.05, 0) is 12.1 Å². The zero-order chi connectivity index (χ0) is 10.3. The minimum atomic E-state index is -0.423. The number of hydrogen-bond donors (Lipinski definition) is 0. The van der Waals surface area contributed by atoms with Gasteiger partial charge in [0, 0.05) is 16.1 Å². The number of rotatable bonds is 0. The number of hydrogen-bond acceptors (Lipinski definition) is 1. The SMILES string of the molecule is Fc1cc(Br)cc2c(Cl)c(Cl)cnc12. The number of halogens is 4. The molecule has 0 aliphatic heterocycles. The molecular formula is C9H3BrCl2FN. The van der Waals surface area contributed by atoms with Gasteiger partial charge < -0.3 is 0 Å². The van der Waals surface area contributed by atoms with Crippen LogP contribution in [0, 0.1) is 5.82 Å². The van der Waals surface area contributed by atoms with Crippen LogP contribution in [0.15, 0.2) is 22.8 Å². The topological polar surface area (TPSA) is 12.9 Å². The predicted molar refractivity (Wildman–Crippen MR) is 59.4 cm³/mol. The summed E-state index contributed by atoms with van der Waals surface area (Å²) in [5.74, 6) is -0.423. The fourth-order valence-corrected chi connectivity index (χ4v) is 1.94. The van der Waals surface area contributed by atoms with Crippen LogP contribution in [0.4, 0.5) is 4.39 Å². The lowest BCUT2D eigenvalue weighted by molar-refractivity contribution is 0.636. The van der Waals surface area contributed by atoms with Gasteiger partial charge in [0.15, 0.2) is 5.82 Å². The van der Waals surface area contributed by atoms with Crippen LogP contribution in [0.5, 0.6) is 0 Å². The molecular weight excluding hydrogens is 292 g/mol. The molecule has 1 aromatic carbocycles. The van der Waals surface area contributed by atoms with Crippen molar-refractivity contribution in [2.75, 3.05) is 0 Å². The zero-order valence-corrected chi connectivity index (χ0v) is 9.79. The van der Waals surface area contributed by atoms with E-state index < -0.39 is 5.82 Å². The Hall–Kier alpha value is -0.380. The van der Waals surface area contributed by atoms with Crippen LogP contribution in [0.1, 0.15) is 0 Å². The van der Waals surface area contributed by atoms with Gasteiger partial charge in [0.2, 0.25) is 0 Å². The normalized spacial score (nSPS) is 10.9. The molecule has 72 valence electrons. The molecule has 0 saturated heterocycles. The summed E-state index contributed by atoms with van der Waals surface area (Å²) in [4.78, 5) is 3.87. The minimum absolute atomic E-state index is 0.225. The van der Waals surface area contributed by atoms with Crippen molar-refractivity contribution >= 4 is 50.0 Å². The standard InChI is InChI=1S/C9H3BrCl2FN/c10-4-1-5-8(12)6(11)3-14-9(5)7(13)2-4/h1-3H. The van der Waals surface area contributed by atoms with Gasteiger partial charge in [-0.25, -0.2) is 4.39 Å². The first-order chi connectivity index (χ1) is 6.59. The molecule has 0 atom stereocenters. The van der Waals surface area contributed by atoms with Crippen LogP contribution in [-0.2, 0) is 0 Å². The highest BCUT2D eigenvalue weighted by Gasteiger charge is 2.09. The van der Waals surface area contributed by atoms with Crippen LogP contribution in [0.25, 0.3) is 10.9 Å². The molecule has 0 fully saturated rings. The highest BCUT2D eigenvalue weighted by molar-refractivity contribution is 9.10. The zero-order valence-electron chi connectivity index (χ0n) is 6.69. The lowest BCUT2D eigenvalue weighted by atomic mass is 10.2. The van der Waals surface area contributed by atoms with E-state index in [1.54, 1.807) is 6.07 Å². The smallest absolute Gasteiger partial charge is 0.150 e. The van der Waals surface area contributed by atoms with Crippen molar-refractivity contribution in [1.29, 1.82) is 0 Å². The summed E-state index contributed by atoms with van der Waals surface area (Å²) in [6.07, 6.45) is 1.34. The van der Waals surface area contributed by atoms with E-state index in [1.165, 1.54) is 12.3 Å². The highest BCUT2D eigenvalue weighted by Crippen LogP contribution is 2.32. The van der Waals surface area contributed by atoms with Gasteiger partial charge in [0.1, 0.15) is 5.52 Å². The van der Waals surface area contributed by atoms with Crippen molar-refractivity contribution in [3.8, 4) is 0 Å². The molecule has 1 heterocycles. The minimum Gasteiger partial charge on any atom is -0.252 e. The molecule has 0 saturated carbocycles. The Kier molecular flexibility index (Phi) is 2.64. The van der Waals surface area contributed by atoms with Gasteiger partial charge in [-0.2, -0.15) is 0 Å². The Morgan fingerprint density at radius 2 is 2.00 bits per heavy atom. The van der Waals surface area contributed by atoms with E-state index in [4.69, 9.17) is 23.2 Å². The molecule has 0 spiro atoms. The Bertz CT molecular complexity index is 516. The molecule has 2 aromatic rings. The summed E-state index contributed by atoms with van der Waals surface area (Å²) in [5, 5.41) is 1.14. The number of aromatic nitrogens is 1. The summed E-state index contributed by atoms with van der Waals surface area (Å²) in [5.41, 5.74) is 0.225. The van der Waals surface area contributed by atoms with E-state index in [0.717, 1.165) is 0 Å². The van der Waals surface area contributed by atoms with Gasteiger partial charge >= 0.3 is 0 Å². The number of pyridine rings is 1. The maximum atomic E-state index is 13.4. The fourth-order valence-electron chi connectivity index (χ4n) is 1.17. The monoisotopic (exact) mass is 293 g/mol. The van der Waals surface area contributed by atoms with Gasteiger partial charge in [-0.3, -0.25) is 4.98 Å². The molecule has 2 rings (SSSR count). The number of benzene rings is 1. The fraction of sp³-hybridized carbons (Fsp3) is 0. The summed E-state index contributed by atoms with van der Waals surface area (Å²) in [6, 6.07) is 3.01. The summed E-state index contributed by atoms with van der Waals surface area (Å²) >= 11 is 14.8. The quantitative estimate of drug-likeness (QED) is 0.700. The lowest BCUT2D eigenvalue weighted by Crippen LogP contribution is -1.86. The van der Waals surface area contributed by atoms with Crippen LogP contribution in [0.2, 0.25) is 10.0 Å². The first-order valence-corrected chi connectivity index (χ1v) is 5.23. The van der Waals surface area contributed by atoms with Crippen molar-refractivity contribution in [3.63, 3.8) is 0 Å². The lowest BCUT2D eigenvalue weighted by Gasteiger charge is -2.03. The second-order valence-corrected chi connectivity index (χ2v) is 4.40. The van der Waals surface area contributed by atoms with Gasteiger partial charge in [0.25, 0.3) is 0 Å². The maximum Gasteiger partial charge on any atom is 0.150 e. The van der Waals surface area contributed by atoms with Crippen molar-refractivity contribution < 1.29 is 4.39 Å².